The van der Waals surface area contributed by atoms with Gasteiger partial charge in [0.1, 0.15) is 0 Å². The third-order valence-corrected chi connectivity index (χ3v) is 5.27. The Kier molecular flexibility index (Phi) is 5.07. The Hall–Kier alpha value is 0.140. The minimum atomic E-state index is 0.579. The molecule has 94 valence electrons. The quantitative estimate of drug-likeness (QED) is 0.748. The standard InChI is InChI=1S/C13H17BrClNS/c1-2-12-9-16(5-6-17-12)13-4-3-11(14)7-10(13)8-15/h3-4,7,12H,2,5-6,8-9H2,1H3. The van der Waals surface area contributed by atoms with Crippen molar-refractivity contribution in [1.82, 2.24) is 0 Å². The van der Waals surface area contributed by atoms with Gasteiger partial charge in [-0.25, -0.2) is 0 Å². The van der Waals surface area contributed by atoms with Gasteiger partial charge in [0, 0.05) is 40.1 Å². The summed E-state index contributed by atoms with van der Waals surface area (Å²) < 4.78 is 1.11. The van der Waals surface area contributed by atoms with E-state index >= 15 is 0 Å². The molecule has 2 rings (SSSR count). The van der Waals surface area contributed by atoms with Gasteiger partial charge in [-0.15, -0.1) is 11.6 Å². The molecule has 4 heteroatoms. The molecule has 0 bridgehead atoms. The number of benzene rings is 1. The van der Waals surface area contributed by atoms with E-state index in [-0.39, 0.29) is 0 Å². The first-order valence-corrected chi connectivity index (χ1v) is 8.33. The van der Waals surface area contributed by atoms with E-state index in [0.717, 1.165) is 22.8 Å². The average Bonchev–Trinajstić information content (AvgIpc) is 2.38. The highest BCUT2D eigenvalue weighted by Crippen LogP contribution is 2.30. The first kappa shape index (κ1) is 13.6. The monoisotopic (exact) mass is 333 g/mol. The highest BCUT2D eigenvalue weighted by molar-refractivity contribution is 9.10. The molecule has 0 amide bonds. The van der Waals surface area contributed by atoms with E-state index in [4.69, 9.17) is 11.6 Å². The van der Waals surface area contributed by atoms with Crippen LogP contribution >= 0.6 is 39.3 Å². The van der Waals surface area contributed by atoms with Gasteiger partial charge in [-0.2, -0.15) is 11.8 Å². The molecular formula is C13H17BrClNS. The summed E-state index contributed by atoms with van der Waals surface area (Å²) in [4.78, 5) is 2.48. The Morgan fingerprint density at radius 3 is 3.06 bits per heavy atom. The lowest BCUT2D eigenvalue weighted by molar-refractivity contribution is 0.726. The van der Waals surface area contributed by atoms with E-state index in [0.29, 0.717) is 5.88 Å². The summed E-state index contributed by atoms with van der Waals surface area (Å²) in [5, 5.41) is 0.760. The van der Waals surface area contributed by atoms with Crippen molar-refractivity contribution in [3.05, 3.63) is 28.2 Å². The summed E-state index contributed by atoms with van der Waals surface area (Å²) in [6, 6.07) is 6.42. The predicted molar refractivity (Wildman–Crippen MR) is 82.4 cm³/mol. The average molecular weight is 335 g/mol. The first-order valence-electron chi connectivity index (χ1n) is 5.95. The van der Waals surface area contributed by atoms with Crippen LogP contribution in [0.1, 0.15) is 18.9 Å². The van der Waals surface area contributed by atoms with Crippen LogP contribution in [0.15, 0.2) is 22.7 Å². The number of nitrogens with zero attached hydrogens (tertiary/aromatic N) is 1. The van der Waals surface area contributed by atoms with Gasteiger partial charge in [0.25, 0.3) is 0 Å². The summed E-state index contributed by atoms with van der Waals surface area (Å²) in [5.74, 6) is 1.80. The molecular weight excluding hydrogens is 318 g/mol. The van der Waals surface area contributed by atoms with Crippen molar-refractivity contribution in [3.63, 3.8) is 0 Å². The van der Waals surface area contributed by atoms with Crippen LogP contribution in [-0.4, -0.2) is 24.1 Å². The zero-order valence-electron chi connectivity index (χ0n) is 9.96. The Morgan fingerprint density at radius 2 is 2.35 bits per heavy atom. The zero-order chi connectivity index (χ0) is 12.3. The largest absolute Gasteiger partial charge is 0.369 e. The van der Waals surface area contributed by atoms with Crippen molar-refractivity contribution in [2.45, 2.75) is 24.5 Å². The molecule has 1 saturated heterocycles. The Labute approximate surface area is 121 Å². The number of anilines is 1. The van der Waals surface area contributed by atoms with Crippen LogP contribution in [0.2, 0.25) is 0 Å². The molecule has 0 spiro atoms. The van der Waals surface area contributed by atoms with Crippen molar-refractivity contribution in [2.24, 2.45) is 0 Å². The minimum Gasteiger partial charge on any atom is -0.369 e. The van der Waals surface area contributed by atoms with Crippen molar-refractivity contribution < 1.29 is 0 Å². The number of hydrogen-bond donors (Lipinski definition) is 0. The van der Waals surface area contributed by atoms with Crippen LogP contribution in [-0.2, 0) is 5.88 Å². The van der Waals surface area contributed by atoms with Crippen molar-refractivity contribution in [3.8, 4) is 0 Å². The van der Waals surface area contributed by atoms with Gasteiger partial charge < -0.3 is 4.90 Å². The third kappa shape index (κ3) is 3.33. The maximum atomic E-state index is 6.04. The van der Waals surface area contributed by atoms with Crippen molar-refractivity contribution in [1.29, 1.82) is 0 Å². The van der Waals surface area contributed by atoms with Crippen LogP contribution in [0, 0.1) is 0 Å². The molecule has 1 aromatic carbocycles. The van der Waals surface area contributed by atoms with Gasteiger partial charge >= 0.3 is 0 Å². The molecule has 0 radical (unpaired) electrons. The molecule has 17 heavy (non-hydrogen) atoms. The van der Waals surface area contributed by atoms with E-state index in [9.17, 15) is 0 Å². The molecule has 0 saturated carbocycles. The molecule has 1 aliphatic heterocycles. The van der Waals surface area contributed by atoms with Gasteiger partial charge in [-0.05, 0) is 30.2 Å². The molecule has 1 aromatic rings. The lowest BCUT2D eigenvalue weighted by Gasteiger charge is -2.34. The number of alkyl halides is 1. The Bertz CT molecular complexity index is 386. The van der Waals surface area contributed by atoms with Crippen LogP contribution in [0.25, 0.3) is 0 Å². The fourth-order valence-corrected chi connectivity index (χ4v) is 3.96. The van der Waals surface area contributed by atoms with E-state index < -0.39 is 0 Å². The normalized spacial score (nSPS) is 20.6. The topological polar surface area (TPSA) is 3.24 Å². The lowest BCUT2D eigenvalue weighted by Crippen LogP contribution is -2.38. The second-order valence-electron chi connectivity index (χ2n) is 4.25. The van der Waals surface area contributed by atoms with Crippen LogP contribution in [0.4, 0.5) is 5.69 Å². The van der Waals surface area contributed by atoms with Gasteiger partial charge in [0.05, 0.1) is 0 Å². The second-order valence-corrected chi connectivity index (χ2v) is 6.84. The first-order chi connectivity index (χ1) is 8.24. The van der Waals surface area contributed by atoms with Crippen molar-refractivity contribution in [2.75, 3.05) is 23.7 Å². The van der Waals surface area contributed by atoms with E-state index in [1.807, 2.05) is 0 Å². The van der Waals surface area contributed by atoms with E-state index in [1.54, 1.807) is 0 Å². The fourth-order valence-electron chi connectivity index (χ4n) is 2.15. The van der Waals surface area contributed by atoms with Gasteiger partial charge in [-0.3, -0.25) is 0 Å². The van der Waals surface area contributed by atoms with Gasteiger partial charge in [0.2, 0.25) is 0 Å². The van der Waals surface area contributed by atoms with Crippen LogP contribution in [0.5, 0.6) is 0 Å². The number of hydrogen-bond acceptors (Lipinski definition) is 2. The molecule has 1 heterocycles. The summed E-state index contributed by atoms with van der Waals surface area (Å²) in [5.41, 5.74) is 2.53. The number of thioether (sulfide) groups is 1. The van der Waals surface area contributed by atoms with Crippen LogP contribution in [0.3, 0.4) is 0 Å². The van der Waals surface area contributed by atoms with Gasteiger partial charge in [-0.1, -0.05) is 22.9 Å². The lowest BCUT2D eigenvalue weighted by atomic mass is 10.1. The molecule has 1 nitrogen and oxygen atoms in total. The summed E-state index contributed by atoms with van der Waals surface area (Å²) in [6.07, 6.45) is 1.24. The maximum Gasteiger partial charge on any atom is 0.0494 e. The highest BCUT2D eigenvalue weighted by atomic mass is 79.9. The molecule has 1 fully saturated rings. The number of halogens is 2. The SMILES string of the molecule is CCC1CN(c2ccc(Br)cc2CCl)CCS1. The third-order valence-electron chi connectivity index (χ3n) is 3.12. The fraction of sp³-hybridized carbons (Fsp3) is 0.538. The smallest absolute Gasteiger partial charge is 0.0494 e. The maximum absolute atomic E-state index is 6.04. The second kappa shape index (κ2) is 6.35. The molecule has 1 unspecified atom stereocenters. The minimum absolute atomic E-state index is 0.579. The summed E-state index contributed by atoms with van der Waals surface area (Å²) in [6.45, 7) is 4.55. The Balaban J connectivity index is 2.20. The molecule has 0 aliphatic carbocycles. The molecule has 1 atom stereocenters. The van der Waals surface area contributed by atoms with E-state index in [2.05, 4.69) is 57.7 Å². The predicted octanol–water partition coefficient (Wildman–Crippen LogP) is 4.52. The van der Waals surface area contributed by atoms with Crippen LogP contribution < -0.4 is 4.90 Å². The number of rotatable bonds is 3. The molecule has 0 N–H and O–H groups in total. The van der Waals surface area contributed by atoms with E-state index in [1.165, 1.54) is 23.4 Å². The zero-order valence-corrected chi connectivity index (χ0v) is 13.1. The van der Waals surface area contributed by atoms with Gasteiger partial charge in [0.15, 0.2) is 0 Å². The molecule has 0 aromatic heterocycles. The summed E-state index contributed by atoms with van der Waals surface area (Å²) in [7, 11) is 0. The summed E-state index contributed by atoms with van der Waals surface area (Å²) >= 11 is 11.6. The van der Waals surface area contributed by atoms with Crippen molar-refractivity contribution >= 4 is 45.0 Å². The highest BCUT2D eigenvalue weighted by Gasteiger charge is 2.20. The Morgan fingerprint density at radius 1 is 1.53 bits per heavy atom. The molecule has 1 aliphatic rings.